The van der Waals surface area contributed by atoms with Crippen LogP contribution in [0.4, 0.5) is 0 Å². The van der Waals surface area contributed by atoms with Crippen LogP contribution in [0.3, 0.4) is 0 Å². The van der Waals surface area contributed by atoms with E-state index in [0.717, 1.165) is 0 Å². The summed E-state index contributed by atoms with van der Waals surface area (Å²) in [5.41, 5.74) is 2.75. The number of carbonyl (C=O) groups is 2. The van der Waals surface area contributed by atoms with Crippen LogP contribution in [0.2, 0.25) is 0 Å². The number of nitrogens with one attached hydrogen (secondary N) is 2. The number of H-pyrrole nitrogens is 1. The van der Waals surface area contributed by atoms with E-state index in [1.165, 1.54) is 0 Å². The minimum Gasteiger partial charge on any atom is -0.457 e. The highest BCUT2D eigenvalue weighted by Crippen LogP contribution is 2.22. The number of nitrogens with zero attached hydrogens (tertiary/aromatic N) is 6. The van der Waals surface area contributed by atoms with Crippen molar-refractivity contribution in [2.45, 2.75) is 18.6 Å². The Morgan fingerprint density at radius 2 is 2.06 bits per heavy atom. The van der Waals surface area contributed by atoms with Crippen molar-refractivity contribution in [1.29, 1.82) is 0 Å². The van der Waals surface area contributed by atoms with E-state index in [1.807, 2.05) is 0 Å². The molecule has 3 aromatic heterocycles. The number of hydrogen-bond donors (Lipinski definition) is 2. The van der Waals surface area contributed by atoms with E-state index in [1.54, 1.807) is 48.2 Å². The van der Waals surface area contributed by atoms with Crippen LogP contribution in [-0.2, 0) is 16.6 Å². The molecule has 2 bridgehead atoms. The minimum absolute atomic E-state index is 0.121. The third-order valence-corrected chi connectivity index (χ3v) is 5.45. The molecule has 0 saturated carbocycles. The summed E-state index contributed by atoms with van der Waals surface area (Å²) in [7, 11) is 3.46. The Kier molecular flexibility index (Phi) is 5.05. The first kappa shape index (κ1) is 20.1. The molecule has 2 aliphatic rings. The number of rotatable bonds is 0. The van der Waals surface area contributed by atoms with E-state index in [2.05, 4.69) is 30.6 Å². The molecule has 12 heteroatoms. The maximum absolute atomic E-state index is 13.0. The van der Waals surface area contributed by atoms with Crippen molar-refractivity contribution in [3.63, 3.8) is 0 Å². The number of likely N-dealkylation sites (N-methyl/N-ethyl adjacent to an activating group) is 1. The van der Waals surface area contributed by atoms with Crippen molar-refractivity contribution >= 4 is 35.0 Å². The third kappa shape index (κ3) is 3.80. The Hall–Kier alpha value is -3.80. The molecule has 0 spiro atoms. The Bertz CT molecular complexity index is 1220. The van der Waals surface area contributed by atoms with Gasteiger partial charge in [0, 0.05) is 38.9 Å². The second-order valence-corrected chi connectivity index (χ2v) is 7.76. The zero-order chi connectivity index (χ0) is 22.2. The van der Waals surface area contributed by atoms with Crippen LogP contribution >= 0.6 is 0 Å². The molecule has 166 valence electrons. The highest BCUT2D eigenvalue weighted by atomic mass is 16.6. The largest absolute Gasteiger partial charge is 0.457 e. The van der Waals surface area contributed by atoms with Gasteiger partial charge in [-0.1, -0.05) is 0 Å². The molecule has 0 aromatic carbocycles. The molecule has 5 rings (SSSR count). The summed E-state index contributed by atoms with van der Waals surface area (Å²) < 4.78 is 13.5. The van der Waals surface area contributed by atoms with Crippen LogP contribution in [0.5, 0.6) is 6.01 Å². The third-order valence-electron chi connectivity index (χ3n) is 5.45. The maximum atomic E-state index is 13.0. The van der Waals surface area contributed by atoms with Crippen LogP contribution in [0.1, 0.15) is 28.2 Å². The number of amides is 2. The molecule has 2 atom stereocenters. The van der Waals surface area contributed by atoms with Gasteiger partial charge in [0.2, 0.25) is 5.91 Å². The van der Waals surface area contributed by atoms with Gasteiger partial charge in [-0.05, 0) is 12.2 Å². The molecule has 1 saturated heterocycles. The zero-order valence-electron chi connectivity index (χ0n) is 17.6. The molecular weight excluding hydrogens is 416 g/mol. The average molecular weight is 438 g/mol. The van der Waals surface area contributed by atoms with E-state index in [9.17, 15) is 9.59 Å². The molecule has 32 heavy (non-hydrogen) atoms. The number of hydrogen-bond acceptors (Lipinski definition) is 8. The van der Waals surface area contributed by atoms with Gasteiger partial charge in [-0.2, -0.15) is 15.2 Å². The van der Waals surface area contributed by atoms with Crippen LogP contribution in [-0.4, -0.2) is 85.6 Å². The minimum atomic E-state index is -0.552. The molecule has 12 nitrogen and oxygen atoms in total. The summed E-state index contributed by atoms with van der Waals surface area (Å²) in [6.45, 7) is 0.918. The first-order valence-electron chi connectivity index (χ1n) is 10.2. The van der Waals surface area contributed by atoms with Crippen LogP contribution in [0, 0.1) is 0 Å². The summed E-state index contributed by atoms with van der Waals surface area (Å²) in [6, 6.07) is 0.142. The van der Waals surface area contributed by atoms with Crippen LogP contribution in [0.15, 0.2) is 12.4 Å². The Balaban J connectivity index is 1.56. The van der Waals surface area contributed by atoms with Gasteiger partial charge in [0.05, 0.1) is 19.2 Å². The zero-order valence-corrected chi connectivity index (χ0v) is 17.6. The number of aryl methyl sites for hydroxylation is 1. The second-order valence-electron chi connectivity index (χ2n) is 7.76. The molecule has 3 aromatic rings. The first-order valence-corrected chi connectivity index (χ1v) is 10.2. The summed E-state index contributed by atoms with van der Waals surface area (Å²) in [6.07, 6.45) is 6.05. The van der Waals surface area contributed by atoms with Crippen molar-refractivity contribution in [1.82, 2.24) is 40.2 Å². The van der Waals surface area contributed by atoms with Gasteiger partial charge in [-0.3, -0.25) is 19.4 Å². The number of piperidine rings is 1. The topological polar surface area (TPSA) is 140 Å². The number of ether oxygens (including phenoxy) is 2. The quantitative estimate of drug-likeness (QED) is 0.500. The SMILES string of the molecule is CN1CCO[C@H]2CNC(=O)C[C@H]2Oc2ncc3[nH]nc(c3n2)/C=C/c2cn(C)nc2C1=O. The number of fused-ring (bicyclic) bond motifs is 3. The van der Waals surface area contributed by atoms with Gasteiger partial charge >= 0.3 is 6.01 Å². The van der Waals surface area contributed by atoms with E-state index in [-0.39, 0.29) is 30.9 Å². The normalized spacial score (nSPS) is 22.9. The summed E-state index contributed by atoms with van der Waals surface area (Å²) in [4.78, 5) is 35.2. The van der Waals surface area contributed by atoms with Crippen LogP contribution < -0.4 is 10.1 Å². The van der Waals surface area contributed by atoms with E-state index in [0.29, 0.717) is 41.1 Å². The molecule has 0 aliphatic carbocycles. The fourth-order valence-corrected chi connectivity index (χ4v) is 3.73. The van der Waals surface area contributed by atoms with Gasteiger partial charge in [0.1, 0.15) is 28.9 Å². The van der Waals surface area contributed by atoms with Gasteiger partial charge in [0.25, 0.3) is 5.91 Å². The monoisotopic (exact) mass is 438 g/mol. The average Bonchev–Trinajstić information content (AvgIpc) is 3.35. The lowest BCUT2D eigenvalue weighted by Gasteiger charge is -2.31. The molecule has 1 fully saturated rings. The maximum Gasteiger partial charge on any atom is 0.317 e. The fraction of sp³-hybridized carbons (Fsp3) is 0.400. The second kappa shape index (κ2) is 8.04. The lowest BCUT2D eigenvalue weighted by atomic mass is 10.1. The van der Waals surface area contributed by atoms with Crippen LogP contribution in [0.25, 0.3) is 23.2 Å². The first-order chi connectivity index (χ1) is 15.5. The smallest absolute Gasteiger partial charge is 0.317 e. The van der Waals surface area contributed by atoms with Crippen molar-refractivity contribution in [2.24, 2.45) is 7.05 Å². The Labute approximate surface area is 182 Å². The molecule has 2 aliphatic heterocycles. The van der Waals surface area contributed by atoms with Crippen molar-refractivity contribution < 1.29 is 19.1 Å². The summed E-state index contributed by atoms with van der Waals surface area (Å²) >= 11 is 0. The highest BCUT2D eigenvalue weighted by Gasteiger charge is 2.33. The molecular formula is C20H22N8O4. The predicted octanol–water partition coefficient (Wildman–Crippen LogP) is -0.00510. The molecule has 0 unspecified atom stereocenters. The van der Waals surface area contributed by atoms with Gasteiger partial charge in [-0.15, -0.1) is 0 Å². The van der Waals surface area contributed by atoms with Gasteiger partial charge < -0.3 is 19.7 Å². The van der Waals surface area contributed by atoms with Crippen molar-refractivity contribution in [3.8, 4) is 6.01 Å². The number of aromatic nitrogens is 6. The summed E-state index contributed by atoms with van der Waals surface area (Å²) in [5.74, 6) is -0.352. The van der Waals surface area contributed by atoms with E-state index in [4.69, 9.17) is 9.47 Å². The molecule has 0 radical (unpaired) electrons. The number of aromatic amines is 1. The summed E-state index contributed by atoms with van der Waals surface area (Å²) in [5, 5.41) is 14.3. The lowest BCUT2D eigenvalue weighted by molar-refractivity contribution is -0.131. The van der Waals surface area contributed by atoms with Crippen molar-refractivity contribution in [3.05, 3.63) is 29.3 Å². The lowest BCUT2D eigenvalue weighted by Crippen LogP contribution is -2.51. The van der Waals surface area contributed by atoms with Gasteiger partial charge in [0.15, 0.2) is 5.69 Å². The molecule has 2 amide bonds. The Morgan fingerprint density at radius 3 is 2.94 bits per heavy atom. The Morgan fingerprint density at radius 1 is 1.19 bits per heavy atom. The predicted molar refractivity (Wildman–Crippen MR) is 113 cm³/mol. The van der Waals surface area contributed by atoms with Crippen molar-refractivity contribution in [2.75, 3.05) is 26.7 Å². The van der Waals surface area contributed by atoms with E-state index >= 15 is 0 Å². The highest BCUT2D eigenvalue weighted by molar-refractivity contribution is 5.97. The molecule has 2 N–H and O–H groups in total. The standard InChI is InChI=1S/C20H22N8O4/c1-27-5-6-31-15-9-21-16(29)7-14(15)32-20-22-8-13-18(23-20)12(24-25-13)4-3-11-10-28(2)26-17(11)19(27)30/h3-4,8,10,14-15H,5-7,9H2,1-2H3,(H,21,29)(H,24,25)/b4-3+/t14-,15+/m1/s1. The van der Waals surface area contributed by atoms with Gasteiger partial charge in [-0.25, -0.2) is 4.98 Å². The fourth-order valence-electron chi connectivity index (χ4n) is 3.73. The molecule has 5 heterocycles. The number of carbonyl (C=O) groups excluding carboxylic acids is 2. The van der Waals surface area contributed by atoms with E-state index < -0.39 is 12.2 Å².